The molecule has 172 valence electrons. The van der Waals surface area contributed by atoms with Crippen LogP contribution in [0.5, 0.6) is 0 Å². The van der Waals surface area contributed by atoms with E-state index in [1.807, 2.05) is 54.6 Å². The van der Waals surface area contributed by atoms with E-state index in [-0.39, 0.29) is 0 Å². The second-order valence-corrected chi connectivity index (χ2v) is 10.1. The molecular formula is C30H30NO3+. The average Bonchev–Trinajstić information content (AvgIpc) is 3.16. The molecule has 3 saturated heterocycles. The van der Waals surface area contributed by atoms with Crippen LogP contribution < -0.4 is 0 Å². The van der Waals surface area contributed by atoms with Gasteiger partial charge >= 0.3 is 5.97 Å². The number of hydrogen-bond acceptors (Lipinski definition) is 3. The van der Waals surface area contributed by atoms with E-state index in [0.29, 0.717) is 11.1 Å². The number of fused-ring (bicyclic) bond motifs is 6. The minimum Gasteiger partial charge on any atom is -0.456 e. The van der Waals surface area contributed by atoms with Crippen LogP contribution in [-0.2, 0) is 21.6 Å². The highest BCUT2D eigenvalue weighted by atomic mass is 16.6. The Balaban J connectivity index is 1.19. The Labute approximate surface area is 200 Å². The van der Waals surface area contributed by atoms with Crippen molar-refractivity contribution in [1.29, 1.82) is 0 Å². The van der Waals surface area contributed by atoms with Gasteiger partial charge in [0.2, 0.25) is 5.60 Å². The lowest BCUT2D eigenvalue weighted by Crippen LogP contribution is -2.63. The SMILES string of the molecule is O=C(OC12CC[N+](/C=C/Cc3ccccc3)(CC1)CC2)C1(O)c2ccccc2-c2ccccc21. The average molecular weight is 453 g/mol. The van der Waals surface area contributed by atoms with E-state index in [1.165, 1.54) is 5.56 Å². The molecular weight excluding hydrogens is 422 g/mol. The summed E-state index contributed by atoms with van der Waals surface area (Å²) in [7, 11) is 0. The fourth-order valence-electron chi connectivity index (χ4n) is 6.10. The molecule has 3 heterocycles. The molecule has 7 rings (SSSR count). The van der Waals surface area contributed by atoms with Crippen molar-refractivity contribution in [3.8, 4) is 11.1 Å². The summed E-state index contributed by atoms with van der Waals surface area (Å²) in [6.07, 6.45) is 8.06. The van der Waals surface area contributed by atoms with Gasteiger partial charge in [-0.2, -0.15) is 0 Å². The van der Waals surface area contributed by atoms with E-state index in [9.17, 15) is 9.90 Å². The molecule has 0 unspecified atom stereocenters. The lowest BCUT2D eigenvalue weighted by Gasteiger charge is -2.52. The summed E-state index contributed by atoms with van der Waals surface area (Å²) in [4.78, 5) is 13.7. The Hall–Kier alpha value is -3.21. The molecule has 2 bridgehead atoms. The summed E-state index contributed by atoms with van der Waals surface area (Å²) in [6.45, 7) is 2.89. The minimum atomic E-state index is -1.75. The topological polar surface area (TPSA) is 46.5 Å². The number of aliphatic hydroxyl groups is 1. The molecule has 3 fully saturated rings. The van der Waals surface area contributed by atoms with Crippen LogP contribution >= 0.6 is 0 Å². The maximum absolute atomic E-state index is 13.7. The molecule has 4 heteroatoms. The van der Waals surface area contributed by atoms with Crippen LogP contribution in [0.25, 0.3) is 11.1 Å². The van der Waals surface area contributed by atoms with Gasteiger partial charge in [-0.05, 0) is 29.2 Å². The highest BCUT2D eigenvalue weighted by molar-refractivity contribution is 5.96. The fourth-order valence-corrected chi connectivity index (χ4v) is 6.10. The monoisotopic (exact) mass is 452 g/mol. The van der Waals surface area contributed by atoms with Crippen molar-refractivity contribution in [2.45, 2.75) is 36.9 Å². The molecule has 0 radical (unpaired) electrons. The van der Waals surface area contributed by atoms with Crippen LogP contribution in [0.4, 0.5) is 0 Å². The first-order valence-corrected chi connectivity index (χ1v) is 12.3. The smallest absolute Gasteiger partial charge is 0.348 e. The van der Waals surface area contributed by atoms with Crippen LogP contribution in [0.1, 0.15) is 36.0 Å². The van der Waals surface area contributed by atoms with Gasteiger partial charge in [-0.15, -0.1) is 0 Å². The van der Waals surface area contributed by atoms with Crippen LogP contribution in [0.3, 0.4) is 0 Å². The number of nitrogens with zero attached hydrogens (tertiary/aromatic N) is 1. The van der Waals surface area contributed by atoms with Crippen molar-refractivity contribution in [3.05, 3.63) is 108 Å². The number of carbonyl (C=O) groups excluding carboxylic acids is 1. The van der Waals surface area contributed by atoms with Crippen LogP contribution in [0, 0.1) is 0 Å². The highest BCUT2D eigenvalue weighted by Crippen LogP contribution is 2.49. The zero-order valence-corrected chi connectivity index (χ0v) is 19.3. The molecule has 3 aromatic carbocycles. The standard InChI is InChI=1S/C30H30NO3/c32-28(30(33)26-14-6-4-12-24(26)25-13-5-7-15-27(25)30)34-29-16-20-31(21-17-29,22-18-29)19-8-11-23-9-2-1-3-10-23/h1-10,12-15,19,33H,11,16-18,20-22H2/q+1/b19-8+. The molecule has 0 aromatic heterocycles. The summed E-state index contributed by atoms with van der Waals surface area (Å²) in [6, 6.07) is 25.8. The minimum absolute atomic E-state index is 0.480. The first kappa shape index (κ1) is 21.3. The Bertz CT molecular complexity index is 1190. The number of carbonyl (C=O) groups is 1. The van der Waals surface area contributed by atoms with E-state index >= 15 is 0 Å². The lowest BCUT2D eigenvalue weighted by atomic mass is 9.80. The predicted molar refractivity (Wildman–Crippen MR) is 132 cm³/mol. The number of rotatable bonds is 5. The number of ether oxygens (including phenoxy) is 1. The largest absolute Gasteiger partial charge is 0.456 e. The molecule has 0 saturated carbocycles. The zero-order chi connectivity index (χ0) is 23.2. The van der Waals surface area contributed by atoms with Gasteiger partial charge in [0.05, 0.1) is 25.8 Å². The molecule has 0 atom stereocenters. The van der Waals surface area contributed by atoms with Crippen LogP contribution in [0.15, 0.2) is 91.1 Å². The summed E-state index contributed by atoms with van der Waals surface area (Å²) in [5, 5.41) is 11.8. The quantitative estimate of drug-likeness (QED) is 0.440. The van der Waals surface area contributed by atoms with Gasteiger partial charge in [-0.1, -0.05) is 78.9 Å². The zero-order valence-electron chi connectivity index (χ0n) is 19.3. The molecule has 3 aliphatic heterocycles. The van der Waals surface area contributed by atoms with Crippen molar-refractivity contribution in [2.75, 3.05) is 19.6 Å². The molecule has 3 aromatic rings. The van der Waals surface area contributed by atoms with Crippen molar-refractivity contribution < 1.29 is 19.1 Å². The number of hydrogen-bond donors (Lipinski definition) is 1. The van der Waals surface area contributed by atoms with Crippen LogP contribution in [0.2, 0.25) is 0 Å². The molecule has 34 heavy (non-hydrogen) atoms. The highest BCUT2D eigenvalue weighted by Gasteiger charge is 2.55. The second-order valence-electron chi connectivity index (χ2n) is 10.1. The predicted octanol–water partition coefficient (Wildman–Crippen LogP) is 4.96. The second kappa shape index (κ2) is 7.93. The van der Waals surface area contributed by atoms with Crippen LogP contribution in [-0.4, -0.2) is 40.8 Å². The summed E-state index contributed by atoms with van der Waals surface area (Å²) in [5.74, 6) is -0.536. The Kier molecular flexibility index (Phi) is 4.98. The maximum atomic E-state index is 13.7. The van der Waals surface area contributed by atoms with Gasteiger partial charge in [-0.25, -0.2) is 4.79 Å². The van der Waals surface area contributed by atoms with Gasteiger partial charge in [0.1, 0.15) is 5.60 Å². The van der Waals surface area contributed by atoms with Crippen molar-refractivity contribution in [1.82, 2.24) is 0 Å². The van der Waals surface area contributed by atoms with Crippen molar-refractivity contribution in [3.63, 3.8) is 0 Å². The molecule has 1 aliphatic carbocycles. The summed E-state index contributed by atoms with van der Waals surface area (Å²) < 4.78 is 7.22. The van der Waals surface area contributed by atoms with E-state index in [4.69, 9.17) is 4.74 Å². The van der Waals surface area contributed by atoms with Gasteiger partial charge in [0, 0.05) is 30.4 Å². The molecule has 4 nitrogen and oxygen atoms in total. The maximum Gasteiger partial charge on any atom is 0.348 e. The number of allylic oxidation sites excluding steroid dienone is 1. The third-order valence-electron chi connectivity index (χ3n) is 8.18. The molecule has 1 N–H and O–H groups in total. The Morgan fingerprint density at radius 1 is 0.824 bits per heavy atom. The van der Waals surface area contributed by atoms with Gasteiger partial charge in [0.15, 0.2) is 0 Å². The fraction of sp³-hybridized carbons (Fsp3) is 0.300. The number of quaternary nitrogens is 1. The molecule has 0 amide bonds. The number of piperidine rings is 3. The third kappa shape index (κ3) is 3.32. The van der Waals surface area contributed by atoms with E-state index < -0.39 is 17.2 Å². The van der Waals surface area contributed by atoms with Crippen molar-refractivity contribution >= 4 is 5.97 Å². The van der Waals surface area contributed by atoms with Gasteiger partial charge in [0.25, 0.3) is 0 Å². The first-order chi connectivity index (χ1) is 16.5. The Morgan fingerprint density at radius 2 is 1.35 bits per heavy atom. The third-order valence-corrected chi connectivity index (χ3v) is 8.18. The normalized spacial score (nSPS) is 26.3. The van der Waals surface area contributed by atoms with Gasteiger partial charge in [-0.3, -0.25) is 4.48 Å². The summed E-state index contributed by atoms with van der Waals surface area (Å²) >= 11 is 0. The van der Waals surface area contributed by atoms with Crippen molar-refractivity contribution in [2.24, 2.45) is 0 Å². The number of benzene rings is 3. The van der Waals surface area contributed by atoms with E-state index in [1.54, 1.807) is 0 Å². The Morgan fingerprint density at radius 3 is 1.94 bits per heavy atom. The van der Waals surface area contributed by atoms with E-state index in [0.717, 1.165) is 60.9 Å². The lowest BCUT2D eigenvalue weighted by molar-refractivity contribution is -0.898. The molecule has 0 spiro atoms. The molecule has 4 aliphatic rings. The number of esters is 1. The van der Waals surface area contributed by atoms with Gasteiger partial charge < -0.3 is 9.84 Å². The van der Waals surface area contributed by atoms with E-state index in [2.05, 4.69) is 36.5 Å². The first-order valence-electron chi connectivity index (χ1n) is 12.3. The summed E-state index contributed by atoms with van der Waals surface area (Å²) in [5.41, 5.74) is 2.14.